The molecule has 2 bridgehead atoms. The molecule has 0 aromatic heterocycles. The van der Waals surface area contributed by atoms with E-state index >= 15 is 0 Å². The number of hydrogen-bond acceptors (Lipinski definition) is 6. The largest absolute Gasteiger partial charge is 0.301 e. The van der Waals surface area contributed by atoms with E-state index in [-0.39, 0.29) is 17.1 Å². The summed E-state index contributed by atoms with van der Waals surface area (Å²) in [5.74, 6) is 1.88. The molecule has 4 atom stereocenters. The van der Waals surface area contributed by atoms with Crippen LogP contribution in [-0.2, 0) is 0 Å². The third-order valence-electron chi connectivity index (χ3n) is 4.75. The fraction of sp³-hybridized carbons (Fsp3) is 0.400. The van der Waals surface area contributed by atoms with Gasteiger partial charge in [-0.05, 0) is 30.2 Å². The fourth-order valence-electron chi connectivity index (χ4n) is 3.43. The molecule has 0 amide bonds. The molecule has 0 aliphatic heterocycles. The topological polar surface area (TPSA) is 111 Å². The van der Waals surface area contributed by atoms with Crippen LogP contribution in [0, 0.1) is 43.9 Å². The van der Waals surface area contributed by atoms with E-state index < -0.39 is 9.85 Å². The number of nitro groups is 2. The lowest BCUT2D eigenvalue weighted by atomic mass is 9.85. The number of non-ortho nitro benzene ring substituents is 1. The van der Waals surface area contributed by atoms with Gasteiger partial charge in [0.1, 0.15) is 5.69 Å². The molecule has 1 N–H and O–H groups in total. The molecule has 23 heavy (non-hydrogen) atoms. The van der Waals surface area contributed by atoms with Crippen molar-refractivity contribution in [2.24, 2.45) is 28.8 Å². The van der Waals surface area contributed by atoms with Gasteiger partial charge in [-0.15, -0.1) is 0 Å². The highest BCUT2D eigenvalue weighted by Crippen LogP contribution is 2.46. The van der Waals surface area contributed by atoms with Crippen molar-refractivity contribution in [1.29, 1.82) is 0 Å². The highest BCUT2D eigenvalue weighted by atomic mass is 16.6. The molecule has 3 rings (SSSR count). The molecule has 0 spiro atoms. The summed E-state index contributed by atoms with van der Waals surface area (Å²) >= 11 is 0. The van der Waals surface area contributed by atoms with Gasteiger partial charge in [-0.25, -0.2) is 0 Å². The van der Waals surface area contributed by atoms with Crippen LogP contribution in [0.5, 0.6) is 0 Å². The van der Waals surface area contributed by atoms with E-state index in [9.17, 15) is 20.2 Å². The fourth-order valence-corrected chi connectivity index (χ4v) is 3.43. The van der Waals surface area contributed by atoms with Crippen molar-refractivity contribution in [3.63, 3.8) is 0 Å². The Morgan fingerprint density at radius 1 is 1.22 bits per heavy atom. The Bertz CT molecular complexity index is 715. The molecular weight excluding hydrogens is 300 g/mol. The summed E-state index contributed by atoms with van der Waals surface area (Å²) in [5.41, 5.74) is 2.11. The Kier molecular flexibility index (Phi) is 3.81. The van der Waals surface area contributed by atoms with Crippen LogP contribution in [-0.4, -0.2) is 16.1 Å². The Hall–Kier alpha value is -2.77. The first-order valence-corrected chi connectivity index (χ1v) is 7.37. The molecule has 1 fully saturated rings. The molecular formula is C15H16N4O4. The van der Waals surface area contributed by atoms with Gasteiger partial charge >= 0.3 is 5.69 Å². The van der Waals surface area contributed by atoms with Crippen LogP contribution in [0.15, 0.2) is 35.5 Å². The van der Waals surface area contributed by atoms with E-state index in [2.05, 4.69) is 29.6 Å². The minimum Gasteiger partial charge on any atom is -0.272 e. The summed E-state index contributed by atoms with van der Waals surface area (Å²) < 4.78 is 0. The van der Waals surface area contributed by atoms with Gasteiger partial charge in [-0.3, -0.25) is 25.7 Å². The van der Waals surface area contributed by atoms with Crippen LogP contribution in [0.2, 0.25) is 0 Å². The molecule has 0 unspecified atom stereocenters. The maximum atomic E-state index is 11.1. The van der Waals surface area contributed by atoms with Crippen molar-refractivity contribution in [3.05, 3.63) is 50.6 Å². The lowest BCUT2D eigenvalue weighted by molar-refractivity contribution is -0.393. The number of rotatable bonds is 5. The monoisotopic (exact) mass is 316 g/mol. The summed E-state index contributed by atoms with van der Waals surface area (Å²) in [4.78, 5) is 20.4. The van der Waals surface area contributed by atoms with E-state index in [4.69, 9.17) is 0 Å². The minimum absolute atomic E-state index is 0.142. The first-order chi connectivity index (χ1) is 11.0. The summed E-state index contributed by atoms with van der Waals surface area (Å²) in [5, 5.41) is 25.9. The Labute approximate surface area is 132 Å². The second-order valence-corrected chi connectivity index (χ2v) is 5.99. The molecule has 2 aliphatic rings. The lowest BCUT2D eigenvalue weighted by Gasteiger charge is -2.20. The lowest BCUT2D eigenvalue weighted by Crippen LogP contribution is -2.18. The maximum absolute atomic E-state index is 11.1. The molecule has 8 nitrogen and oxygen atoms in total. The molecule has 8 heteroatoms. The van der Waals surface area contributed by atoms with Gasteiger partial charge in [0.25, 0.3) is 5.69 Å². The summed E-state index contributed by atoms with van der Waals surface area (Å²) in [6.45, 7) is 2.18. The van der Waals surface area contributed by atoms with E-state index in [1.54, 1.807) is 6.21 Å². The predicted molar refractivity (Wildman–Crippen MR) is 85.3 cm³/mol. The standard InChI is InChI=1S/C15H16N4O4/c1-9-10-2-3-11(6-10)13(9)8-16-17-14-5-4-12(18(20)21)7-15(14)19(22)23/h2-5,7-11,13,17H,6H2,1H3/b16-8-/t9-,10-,11-,13-/m0/s1. The van der Waals surface area contributed by atoms with Gasteiger partial charge in [0, 0.05) is 18.2 Å². The first-order valence-electron chi connectivity index (χ1n) is 7.37. The van der Waals surface area contributed by atoms with Crippen LogP contribution in [0.3, 0.4) is 0 Å². The van der Waals surface area contributed by atoms with Crippen LogP contribution in [0.1, 0.15) is 13.3 Å². The number of nitro benzene ring substituents is 2. The molecule has 0 heterocycles. The van der Waals surface area contributed by atoms with Gasteiger partial charge in [-0.1, -0.05) is 19.1 Å². The molecule has 2 aliphatic carbocycles. The third-order valence-corrected chi connectivity index (χ3v) is 4.75. The zero-order valence-electron chi connectivity index (χ0n) is 12.5. The van der Waals surface area contributed by atoms with Crippen molar-refractivity contribution in [2.75, 3.05) is 5.43 Å². The van der Waals surface area contributed by atoms with Crippen molar-refractivity contribution in [2.45, 2.75) is 13.3 Å². The predicted octanol–water partition coefficient (Wildman–Crippen LogP) is 3.36. The summed E-state index contributed by atoms with van der Waals surface area (Å²) in [6, 6.07) is 3.45. The molecule has 1 aromatic rings. The van der Waals surface area contributed by atoms with Crippen molar-refractivity contribution >= 4 is 23.3 Å². The average molecular weight is 316 g/mol. The van der Waals surface area contributed by atoms with Gasteiger partial charge < -0.3 is 0 Å². The number of hydrogen-bond donors (Lipinski definition) is 1. The SMILES string of the molecule is C[C@@H]1[C@H](/C=N\Nc2ccc([N+](=O)[O-])cc2[N+](=O)[O-])[C@H]2C=C[C@H]1C2. The first kappa shape index (κ1) is 15.1. The van der Waals surface area contributed by atoms with Crippen molar-refractivity contribution in [1.82, 2.24) is 0 Å². The number of anilines is 1. The zero-order valence-corrected chi connectivity index (χ0v) is 12.5. The zero-order chi connectivity index (χ0) is 16.6. The Morgan fingerprint density at radius 3 is 2.57 bits per heavy atom. The quantitative estimate of drug-likeness (QED) is 0.387. The normalized spacial score (nSPS) is 28.4. The van der Waals surface area contributed by atoms with Gasteiger partial charge in [0.05, 0.1) is 15.9 Å². The van der Waals surface area contributed by atoms with Crippen molar-refractivity contribution in [3.8, 4) is 0 Å². The molecule has 1 saturated carbocycles. The van der Waals surface area contributed by atoms with E-state index in [1.165, 1.54) is 12.1 Å². The summed E-state index contributed by atoms with van der Waals surface area (Å²) in [6.07, 6.45) is 7.38. The van der Waals surface area contributed by atoms with Crippen molar-refractivity contribution < 1.29 is 9.85 Å². The number of nitrogens with one attached hydrogen (secondary N) is 1. The summed E-state index contributed by atoms with van der Waals surface area (Å²) in [7, 11) is 0. The number of nitrogens with zero attached hydrogens (tertiary/aromatic N) is 3. The van der Waals surface area contributed by atoms with E-state index in [0.29, 0.717) is 23.7 Å². The second-order valence-electron chi connectivity index (χ2n) is 5.99. The molecule has 120 valence electrons. The number of benzene rings is 1. The van der Waals surface area contributed by atoms with E-state index in [0.717, 1.165) is 12.5 Å². The van der Waals surface area contributed by atoms with E-state index in [1.807, 2.05) is 0 Å². The minimum atomic E-state index is -0.663. The highest BCUT2D eigenvalue weighted by molar-refractivity contribution is 5.69. The number of allylic oxidation sites excluding steroid dienone is 2. The Balaban J connectivity index is 1.75. The van der Waals surface area contributed by atoms with Crippen LogP contribution in [0.25, 0.3) is 0 Å². The van der Waals surface area contributed by atoms with Gasteiger partial charge in [0.2, 0.25) is 0 Å². The Morgan fingerprint density at radius 2 is 1.96 bits per heavy atom. The van der Waals surface area contributed by atoms with Crippen LogP contribution >= 0.6 is 0 Å². The third kappa shape index (κ3) is 2.79. The molecule has 0 saturated heterocycles. The second kappa shape index (κ2) is 5.79. The number of fused-ring (bicyclic) bond motifs is 2. The number of hydrazone groups is 1. The van der Waals surface area contributed by atoms with Gasteiger partial charge in [-0.2, -0.15) is 5.10 Å². The average Bonchev–Trinajstić information content (AvgIpc) is 3.10. The smallest absolute Gasteiger partial charge is 0.272 e. The van der Waals surface area contributed by atoms with Gasteiger partial charge in [0.15, 0.2) is 0 Å². The molecule has 0 radical (unpaired) electrons. The van der Waals surface area contributed by atoms with Crippen LogP contribution < -0.4 is 5.43 Å². The highest BCUT2D eigenvalue weighted by Gasteiger charge is 2.40. The maximum Gasteiger partial charge on any atom is 0.301 e. The van der Waals surface area contributed by atoms with Crippen LogP contribution in [0.4, 0.5) is 17.1 Å². The molecule has 1 aromatic carbocycles.